The van der Waals surface area contributed by atoms with Crippen LogP contribution < -0.4 is 0 Å². The van der Waals surface area contributed by atoms with Gasteiger partial charge in [-0.05, 0) is 31.7 Å². The van der Waals surface area contributed by atoms with Gasteiger partial charge in [-0.2, -0.15) is 5.10 Å². The van der Waals surface area contributed by atoms with Crippen molar-refractivity contribution in [3.8, 4) is 0 Å². The van der Waals surface area contributed by atoms with Gasteiger partial charge in [0.25, 0.3) is 0 Å². The minimum atomic E-state index is -1.56. The van der Waals surface area contributed by atoms with Crippen LogP contribution in [-0.4, -0.2) is 110 Å². The van der Waals surface area contributed by atoms with Gasteiger partial charge in [0.15, 0.2) is 6.29 Å². The Morgan fingerprint density at radius 3 is 1.90 bits per heavy atom. The molecule has 1 aromatic rings. The second-order valence-electron chi connectivity index (χ2n) is 15.5. The van der Waals surface area contributed by atoms with E-state index in [1.165, 1.54) is 103 Å². The Hall–Kier alpha value is -1.15. The molecular formula is C40H74N2O9. The van der Waals surface area contributed by atoms with Crippen LogP contribution >= 0.6 is 0 Å². The summed E-state index contributed by atoms with van der Waals surface area (Å²) >= 11 is 0. The molecule has 3 rings (SSSR count). The monoisotopic (exact) mass is 727 g/mol. The van der Waals surface area contributed by atoms with Crippen molar-refractivity contribution in [2.45, 2.75) is 203 Å². The van der Waals surface area contributed by atoms with Crippen LogP contribution in [0.2, 0.25) is 0 Å². The number of H-pyrrole nitrogens is 1. The van der Waals surface area contributed by atoms with E-state index in [-0.39, 0.29) is 6.61 Å². The number of ether oxygens (including phenoxy) is 3. The number of hydrogen-bond acceptors (Lipinski definition) is 10. The summed E-state index contributed by atoms with van der Waals surface area (Å²) in [6.07, 6.45) is 17.8. The Balaban J connectivity index is 1.42. The van der Waals surface area contributed by atoms with Crippen LogP contribution in [0.4, 0.5) is 0 Å². The van der Waals surface area contributed by atoms with Gasteiger partial charge >= 0.3 is 0 Å². The summed E-state index contributed by atoms with van der Waals surface area (Å²) in [5.74, 6) is 0.0714. The second-order valence-corrected chi connectivity index (χ2v) is 15.5. The van der Waals surface area contributed by atoms with Crippen LogP contribution in [0.25, 0.3) is 0 Å². The fourth-order valence-corrected chi connectivity index (χ4v) is 7.35. The molecule has 51 heavy (non-hydrogen) atoms. The third-order valence-corrected chi connectivity index (χ3v) is 11.0. The number of hydrogen-bond donors (Lipinski definition) is 7. The molecule has 7 N–H and O–H groups in total. The van der Waals surface area contributed by atoms with Gasteiger partial charge in [-0.1, -0.05) is 129 Å². The Morgan fingerprint density at radius 2 is 1.33 bits per heavy atom. The lowest BCUT2D eigenvalue weighted by Gasteiger charge is -2.40. The molecule has 3 heterocycles. The van der Waals surface area contributed by atoms with Gasteiger partial charge in [0, 0.05) is 11.6 Å². The van der Waals surface area contributed by atoms with Crippen molar-refractivity contribution in [2.24, 2.45) is 5.92 Å². The van der Waals surface area contributed by atoms with Gasteiger partial charge in [-0.3, -0.25) is 5.10 Å². The number of aromatic amines is 1. The standard InChI is InChI=1S/C40H74N2O9/c1-2-3-4-5-6-7-8-9-10-15-18-21-24-34(44)36(45)32(29-50-40-39(48)38(47)37(46)35(26-43)51-40)33-25-31(41-42-33)23-20-17-14-12-11-13-16-19-22-30-27-49-28-30/h25,30,32,34-40,43-48H,2-24,26-29H2,1H3,(H,41,42)/t32-,34-,35?,36+,37?,38?,39?,40?/m1/s1. The lowest BCUT2D eigenvalue weighted by atomic mass is 9.91. The first-order valence-corrected chi connectivity index (χ1v) is 20.8. The Labute approximate surface area is 307 Å². The van der Waals surface area contributed by atoms with Crippen LogP contribution in [0, 0.1) is 5.92 Å². The van der Waals surface area contributed by atoms with Crippen LogP contribution in [0.15, 0.2) is 6.07 Å². The Bertz CT molecular complexity index is 977. The SMILES string of the molecule is CCCCCCCCCCCCCC[C@@H](O)[C@@H](O)[C@H](COC1OC(CO)C(O)C(O)C1O)c1cc(CCCCCCCCCCC2COC2)[nH]n1. The molecular weight excluding hydrogens is 652 g/mol. The van der Waals surface area contributed by atoms with Crippen LogP contribution in [0.5, 0.6) is 0 Å². The molecule has 0 saturated carbocycles. The highest BCUT2D eigenvalue weighted by atomic mass is 16.7. The average Bonchev–Trinajstić information content (AvgIpc) is 3.58. The van der Waals surface area contributed by atoms with Crippen LogP contribution in [0.1, 0.15) is 165 Å². The summed E-state index contributed by atoms with van der Waals surface area (Å²) in [5, 5.41) is 70.5. The number of aliphatic hydroxyl groups excluding tert-OH is 6. The predicted octanol–water partition coefficient (Wildman–Crippen LogP) is 5.82. The molecule has 11 heteroatoms. The van der Waals surface area contributed by atoms with Gasteiger partial charge in [0.2, 0.25) is 0 Å². The van der Waals surface area contributed by atoms with Crippen molar-refractivity contribution in [2.75, 3.05) is 26.4 Å². The highest BCUT2D eigenvalue weighted by Crippen LogP contribution is 2.28. The molecule has 11 nitrogen and oxygen atoms in total. The van der Waals surface area contributed by atoms with Crippen LogP contribution in [-0.2, 0) is 20.6 Å². The second kappa shape index (κ2) is 26.6. The van der Waals surface area contributed by atoms with E-state index in [1.807, 2.05) is 6.07 Å². The van der Waals surface area contributed by atoms with E-state index in [2.05, 4.69) is 17.1 Å². The number of aliphatic hydroxyl groups is 6. The molecule has 0 amide bonds. The van der Waals surface area contributed by atoms with Gasteiger partial charge in [0.05, 0.1) is 50.2 Å². The molecule has 1 aromatic heterocycles. The van der Waals surface area contributed by atoms with Gasteiger partial charge in [-0.25, -0.2) is 0 Å². The van der Waals surface area contributed by atoms with Crippen molar-refractivity contribution in [1.29, 1.82) is 0 Å². The van der Waals surface area contributed by atoms with Crippen LogP contribution in [0.3, 0.4) is 0 Å². The van der Waals surface area contributed by atoms with Crippen molar-refractivity contribution < 1.29 is 44.8 Å². The summed E-state index contributed by atoms with van der Waals surface area (Å²) in [5.41, 5.74) is 1.50. The van der Waals surface area contributed by atoms with E-state index in [0.29, 0.717) is 12.1 Å². The minimum absolute atomic E-state index is 0.155. The topological polar surface area (TPSA) is 178 Å². The van der Waals surface area contributed by atoms with Crippen molar-refractivity contribution in [3.63, 3.8) is 0 Å². The molecule has 2 aliphatic heterocycles. The molecule has 8 atom stereocenters. The Morgan fingerprint density at radius 1 is 0.765 bits per heavy atom. The Kier molecular flexibility index (Phi) is 23.1. The highest BCUT2D eigenvalue weighted by Gasteiger charge is 2.44. The van der Waals surface area contributed by atoms with Crippen molar-refractivity contribution in [1.82, 2.24) is 10.2 Å². The maximum Gasteiger partial charge on any atom is 0.186 e. The molecule has 0 aromatic carbocycles. The zero-order valence-electron chi connectivity index (χ0n) is 31.7. The number of nitrogens with zero attached hydrogens (tertiary/aromatic N) is 1. The smallest absolute Gasteiger partial charge is 0.186 e. The third kappa shape index (κ3) is 16.8. The van der Waals surface area contributed by atoms with Crippen molar-refractivity contribution in [3.05, 3.63) is 17.5 Å². The number of aromatic nitrogens is 2. The number of unbranched alkanes of at least 4 members (excludes halogenated alkanes) is 18. The molecule has 0 bridgehead atoms. The molecule has 298 valence electrons. The molecule has 2 saturated heterocycles. The van der Waals surface area contributed by atoms with E-state index in [1.54, 1.807) is 0 Å². The largest absolute Gasteiger partial charge is 0.394 e. The molecule has 2 fully saturated rings. The quantitative estimate of drug-likeness (QED) is 0.0461. The van der Waals surface area contributed by atoms with Crippen molar-refractivity contribution >= 4 is 0 Å². The first kappa shape index (κ1) is 44.2. The molecule has 0 radical (unpaired) electrons. The average molecular weight is 727 g/mol. The highest BCUT2D eigenvalue weighted by molar-refractivity contribution is 5.16. The van der Waals surface area contributed by atoms with E-state index < -0.39 is 55.4 Å². The van der Waals surface area contributed by atoms with E-state index in [9.17, 15) is 30.6 Å². The fraction of sp³-hybridized carbons (Fsp3) is 0.925. The fourth-order valence-electron chi connectivity index (χ4n) is 7.35. The normalized spacial score (nSPS) is 24.4. The summed E-state index contributed by atoms with van der Waals surface area (Å²) in [7, 11) is 0. The lowest BCUT2D eigenvalue weighted by Crippen LogP contribution is -2.59. The number of rotatable bonds is 31. The maximum atomic E-state index is 11.4. The molecule has 2 aliphatic rings. The molecule has 0 spiro atoms. The number of aryl methyl sites for hydroxylation is 1. The van der Waals surface area contributed by atoms with E-state index in [4.69, 9.17) is 14.2 Å². The summed E-state index contributed by atoms with van der Waals surface area (Å²) in [6.45, 7) is 3.44. The predicted molar refractivity (Wildman–Crippen MR) is 198 cm³/mol. The summed E-state index contributed by atoms with van der Waals surface area (Å²) < 4.78 is 16.6. The molecule has 0 aliphatic carbocycles. The van der Waals surface area contributed by atoms with E-state index in [0.717, 1.165) is 63.4 Å². The van der Waals surface area contributed by atoms with Gasteiger partial charge < -0.3 is 44.8 Å². The summed E-state index contributed by atoms with van der Waals surface area (Å²) in [4.78, 5) is 0. The number of nitrogens with one attached hydrogen (secondary N) is 1. The lowest BCUT2D eigenvalue weighted by molar-refractivity contribution is -0.303. The van der Waals surface area contributed by atoms with Gasteiger partial charge in [0.1, 0.15) is 24.4 Å². The zero-order chi connectivity index (χ0) is 36.7. The minimum Gasteiger partial charge on any atom is -0.394 e. The first-order chi connectivity index (χ1) is 24.8. The van der Waals surface area contributed by atoms with E-state index >= 15 is 0 Å². The molecule has 5 unspecified atom stereocenters. The maximum absolute atomic E-state index is 11.4. The zero-order valence-corrected chi connectivity index (χ0v) is 31.7. The van der Waals surface area contributed by atoms with Gasteiger partial charge in [-0.15, -0.1) is 0 Å². The third-order valence-electron chi connectivity index (χ3n) is 11.0. The summed E-state index contributed by atoms with van der Waals surface area (Å²) in [6, 6.07) is 1.91. The first-order valence-electron chi connectivity index (χ1n) is 20.8.